The van der Waals surface area contributed by atoms with Gasteiger partial charge in [0.05, 0.1) is 11.5 Å². The summed E-state index contributed by atoms with van der Waals surface area (Å²) in [6, 6.07) is 6.41. The maximum absolute atomic E-state index is 12.6. The van der Waals surface area contributed by atoms with Crippen LogP contribution < -0.4 is 10.1 Å². The van der Waals surface area contributed by atoms with Gasteiger partial charge in [-0.3, -0.25) is 9.89 Å². The molecule has 0 radical (unpaired) electrons. The van der Waals surface area contributed by atoms with Crippen LogP contribution in [0.5, 0.6) is 5.75 Å². The van der Waals surface area contributed by atoms with Gasteiger partial charge >= 0.3 is 0 Å². The molecule has 9 heteroatoms. The summed E-state index contributed by atoms with van der Waals surface area (Å²) in [6.45, 7) is 2.43. The lowest BCUT2D eigenvalue weighted by molar-refractivity contribution is 0.0780. The van der Waals surface area contributed by atoms with E-state index in [1.807, 2.05) is 0 Å². The smallest absolute Gasteiger partial charge is 0.274 e. The van der Waals surface area contributed by atoms with Crippen molar-refractivity contribution in [2.75, 3.05) is 33.0 Å². The van der Waals surface area contributed by atoms with Gasteiger partial charge in [0.25, 0.3) is 5.91 Å². The van der Waals surface area contributed by atoms with E-state index in [0.717, 1.165) is 30.5 Å². The molecule has 1 aliphatic rings. The highest BCUT2D eigenvalue weighted by atomic mass is 32.2. The number of ether oxygens (including phenoxy) is 1. The standard InChI is InChI=1S/C18H24N4O4S/c1-22(18(23)17-15-12-19-8-7-16(15)20-21-17)9-4-10-26-13-5-3-6-14(11-13)27(2,24)25/h3,5-6,11,19H,4,7-10,12H2,1-2H3,(H,20,21). The highest BCUT2D eigenvalue weighted by Crippen LogP contribution is 2.18. The summed E-state index contributed by atoms with van der Waals surface area (Å²) in [4.78, 5) is 14.5. The molecule has 0 fully saturated rings. The lowest BCUT2D eigenvalue weighted by Gasteiger charge is -2.18. The van der Waals surface area contributed by atoms with Gasteiger partial charge in [-0.1, -0.05) is 6.07 Å². The number of fused-ring (bicyclic) bond motifs is 1. The molecule has 27 heavy (non-hydrogen) atoms. The third-order valence-electron chi connectivity index (χ3n) is 4.50. The lowest BCUT2D eigenvalue weighted by Crippen LogP contribution is -2.31. The summed E-state index contributed by atoms with van der Waals surface area (Å²) < 4.78 is 28.8. The number of benzene rings is 1. The fraction of sp³-hybridized carbons (Fsp3) is 0.444. The first-order valence-corrected chi connectivity index (χ1v) is 10.7. The molecule has 8 nitrogen and oxygen atoms in total. The highest BCUT2D eigenvalue weighted by molar-refractivity contribution is 7.90. The number of nitrogens with one attached hydrogen (secondary N) is 2. The molecule has 0 unspecified atom stereocenters. The van der Waals surface area contributed by atoms with Crippen molar-refractivity contribution < 1.29 is 17.9 Å². The number of aromatic amines is 1. The van der Waals surface area contributed by atoms with Gasteiger partial charge in [-0.05, 0) is 24.6 Å². The van der Waals surface area contributed by atoms with Crippen LogP contribution in [-0.2, 0) is 22.8 Å². The predicted molar refractivity (Wildman–Crippen MR) is 101 cm³/mol. The molecular weight excluding hydrogens is 368 g/mol. The van der Waals surface area contributed by atoms with Crippen LogP contribution in [0.4, 0.5) is 0 Å². The van der Waals surface area contributed by atoms with Gasteiger partial charge in [-0.2, -0.15) is 5.10 Å². The number of amides is 1. The molecule has 2 heterocycles. The number of hydrogen-bond acceptors (Lipinski definition) is 6. The Morgan fingerprint density at radius 3 is 2.96 bits per heavy atom. The monoisotopic (exact) mass is 392 g/mol. The van der Waals surface area contributed by atoms with Crippen LogP contribution >= 0.6 is 0 Å². The van der Waals surface area contributed by atoms with Crippen LogP contribution in [0.15, 0.2) is 29.2 Å². The number of aromatic nitrogens is 2. The average Bonchev–Trinajstić information content (AvgIpc) is 3.08. The Morgan fingerprint density at radius 2 is 2.19 bits per heavy atom. The Morgan fingerprint density at radius 1 is 1.37 bits per heavy atom. The number of nitrogens with zero attached hydrogens (tertiary/aromatic N) is 2. The number of H-pyrrole nitrogens is 1. The summed E-state index contributed by atoms with van der Waals surface area (Å²) in [7, 11) is -1.52. The Balaban J connectivity index is 1.51. The van der Waals surface area contributed by atoms with Crippen LogP contribution in [0, 0.1) is 0 Å². The molecule has 146 valence electrons. The van der Waals surface area contributed by atoms with Gasteiger partial charge in [0, 0.05) is 50.6 Å². The molecule has 2 N–H and O–H groups in total. The minimum absolute atomic E-state index is 0.115. The lowest BCUT2D eigenvalue weighted by atomic mass is 10.1. The molecule has 0 atom stereocenters. The zero-order valence-corrected chi connectivity index (χ0v) is 16.3. The first kappa shape index (κ1) is 19.4. The third kappa shape index (κ3) is 4.67. The molecule has 0 saturated heterocycles. The van der Waals surface area contributed by atoms with Crippen LogP contribution in [-0.4, -0.2) is 62.4 Å². The Bertz CT molecular complexity index is 923. The first-order valence-electron chi connectivity index (χ1n) is 8.81. The van der Waals surface area contributed by atoms with Crippen LogP contribution in [0.1, 0.15) is 28.2 Å². The van der Waals surface area contributed by atoms with E-state index < -0.39 is 9.84 Å². The van der Waals surface area contributed by atoms with Crippen molar-refractivity contribution in [2.45, 2.75) is 24.3 Å². The maximum Gasteiger partial charge on any atom is 0.274 e. The summed E-state index contributed by atoms with van der Waals surface area (Å²) in [6.07, 6.45) is 2.63. The van der Waals surface area contributed by atoms with Gasteiger partial charge in [0.15, 0.2) is 15.5 Å². The summed E-state index contributed by atoms with van der Waals surface area (Å²) in [5.41, 5.74) is 2.45. The second-order valence-electron chi connectivity index (χ2n) is 6.63. The van der Waals surface area contributed by atoms with Crippen molar-refractivity contribution in [3.8, 4) is 5.75 Å². The molecule has 0 bridgehead atoms. The summed E-state index contributed by atoms with van der Waals surface area (Å²) in [5.74, 6) is 0.384. The molecule has 2 aromatic rings. The fourth-order valence-corrected chi connectivity index (χ4v) is 3.63. The highest BCUT2D eigenvalue weighted by Gasteiger charge is 2.23. The van der Waals surface area contributed by atoms with E-state index in [-0.39, 0.29) is 10.8 Å². The molecule has 1 aromatic carbocycles. The normalized spacial score (nSPS) is 13.9. The minimum Gasteiger partial charge on any atom is -0.493 e. The molecule has 1 aliphatic heterocycles. The molecule has 1 amide bonds. The zero-order chi connectivity index (χ0) is 19.4. The van der Waals surface area contributed by atoms with E-state index in [1.165, 1.54) is 12.1 Å². The maximum atomic E-state index is 12.6. The topological polar surface area (TPSA) is 104 Å². The van der Waals surface area contributed by atoms with Crippen molar-refractivity contribution in [3.63, 3.8) is 0 Å². The Hall–Kier alpha value is -2.39. The number of sulfone groups is 1. The Labute approximate surface area is 158 Å². The largest absolute Gasteiger partial charge is 0.493 e. The molecule has 0 saturated carbocycles. The van der Waals surface area contributed by atoms with E-state index in [0.29, 0.717) is 37.6 Å². The molecule has 3 rings (SSSR count). The van der Waals surface area contributed by atoms with E-state index in [9.17, 15) is 13.2 Å². The van der Waals surface area contributed by atoms with Gasteiger partial charge in [-0.15, -0.1) is 0 Å². The SMILES string of the molecule is CN(CCCOc1cccc(S(C)(=O)=O)c1)C(=O)c1n[nH]c2c1CNCC2. The van der Waals surface area contributed by atoms with Gasteiger partial charge in [0.2, 0.25) is 0 Å². The summed E-state index contributed by atoms with van der Waals surface area (Å²) in [5, 5.41) is 10.4. The molecule has 0 spiro atoms. The molecular formula is C18H24N4O4S. The van der Waals surface area contributed by atoms with Crippen molar-refractivity contribution in [1.29, 1.82) is 0 Å². The van der Waals surface area contributed by atoms with Gasteiger partial charge in [-0.25, -0.2) is 8.42 Å². The van der Waals surface area contributed by atoms with E-state index in [2.05, 4.69) is 15.5 Å². The molecule has 0 aliphatic carbocycles. The average molecular weight is 392 g/mol. The number of carbonyl (C=O) groups excluding carboxylic acids is 1. The van der Waals surface area contributed by atoms with Crippen molar-refractivity contribution >= 4 is 15.7 Å². The van der Waals surface area contributed by atoms with Crippen molar-refractivity contribution in [1.82, 2.24) is 20.4 Å². The summed E-state index contributed by atoms with van der Waals surface area (Å²) >= 11 is 0. The van der Waals surface area contributed by atoms with Gasteiger partial charge in [0.1, 0.15) is 5.75 Å². The minimum atomic E-state index is -3.26. The van der Waals surface area contributed by atoms with Crippen molar-refractivity contribution in [2.24, 2.45) is 0 Å². The quantitative estimate of drug-likeness (QED) is 0.681. The van der Waals surface area contributed by atoms with E-state index in [4.69, 9.17) is 4.74 Å². The number of hydrogen-bond donors (Lipinski definition) is 2. The number of carbonyl (C=O) groups is 1. The molecule has 1 aromatic heterocycles. The first-order chi connectivity index (χ1) is 12.9. The van der Waals surface area contributed by atoms with Crippen molar-refractivity contribution in [3.05, 3.63) is 41.2 Å². The fourth-order valence-electron chi connectivity index (χ4n) is 2.97. The number of rotatable bonds is 7. The van der Waals surface area contributed by atoms with Crippen LogP contribution in [0.2, 0.25) is 0 Å². The van der Waals surface area contributed by atoms with Gasteiger partial charge < -0.3 is 15.0 Å². The van der Waals surface area contributed by atoms with Crippen LogP contribution in [0.3, 0.4) is 0 Å². The third-order valence-corrected chi connectivity index (χ3v) is 5.61. The van der Waals surface area contributed by atoms with E-state index in [1.54, 1.807) is 24.1 Å². The van der Waals surface area contributed by atoms with E-state index >= 15 is 0 Å². The second-order valence-corrected chi connectivity index (χ2v) is 8.65. The zero-order valence-electron chi connectivity index (χ0n) is 15.5. The second kappa shape index (κ2) is 8.10. The van der Waals surface area contributed by atoms with Crippen LogP contribution in [0.25, 0.3) is 0 Å². The predicted octanol–water partition coefficient (Wildman–Crippen LogP) is 1.000. The Kier molecular flexibility index (Phi) is 5.81.